The largest absolute Gasteiger partial charge is 0.487 e. The normalized spacial score (nSPS) is 18.4. The number of rotatable bonds is 2. The number of ether oxygens (including phenoxy) is 3. The van der Waals surface area contributed by atoms with Gasteiger partial charge in [0.05, 0.1) is 0 Å². The molecule has 114 valence electrons. The Morgan fingerprint density at radius 1 is 1.29 bits per heavy atom. The van der Waals surface area contributed by atoms with E-state index in [0.717, 1.165) is 0 Å². The third-order valence-corrected chi connectivity index (χ3v) is 3.62. The summed E-state index contributed by atoms with van der Waals surface area (Å²) in [6.45, 7) is 1.50. The van der Waals surface area contributed by atoms with Gasteiger partial charge in [0.25, 0.3) is 0 Å². The summed E-state index contributed by atoms with van der Waals surface area (Å²) in [5, 5.41) is 8.89. The summed E-state index contributed by atoms with van der Waals surface area (Å²) in [5.74, 6) is 0.0226. The van der Waals surface area contributed by atoms with Crippen molar-refractivity contribution in [3.05, 3.63) is 17.9 Å². The summed E-state index contributed by atoms with van der Waals surface area (Å²) in [6, 6.07) is 3.14. The molecule has 1 aromatic rings. The van der Waals surface area contributed by atoms with E-state index in [0.29, 0.717) is 44.9 Å². The minimum absolute atomic E-state index is 0.0849. The Morgan fingerprint density at radius 3 is 2.71 bits per heavy atom. The number of halogens is 1. The van der Waals surface area contributed by atoms with Gasteiger partial charge in [0.15, 0.2) is 11.5 Å². The molecule has 0 aromatic heterocycles. The fourth-order valence-corrected chi connectivity index (χ4v) is 2.50. The summed E-state index contributed by atoms with van der Waals surface area (Å²) in [6.07, 6.45) is -0.0444. The van der Waals surface area contributed by atoms with Crippen molar-refractivity contribution in [2.75, 3.05) is 26.3 Å². The van der Waals surface area contributed by atoms with Crippen LogP contribution < -0.4 is 14.2 Å². The first-order valence-electron chi connectivity index (χ1n) is 6.88. The second-order valence-electron chi connectivity index (χ2n) is 4.99. The summed E-state index contributed by atoms with van der Waals surface area (Å²) in [4.78, 5) is 12.2. The van der Waals surface area contributed by atoms with E-state index in [1.54, 1.807) is 6.07 Å². The van der Waals surface area contributed by atoms with Crippen molar-refractivity contribution in [2.24, 2.45) is 0 Å². The Balaban J connectivity index is 1.67. The number of amides is 1. The maximum absolute atomic E-state index is 14.3. The van der Waals surface area contributed by atoms with Crippen LogP contribution in [-0.2, 0) is 0 Å². The van der Waals surface area contributed by atoms with E-state index < -0.39 is 11.9 Å². The Hall–Kier alpha value is -2.18. The second kappa shape index (κ2) is 5.67. The molecule has 7 heteroatoms. The number of nitrogens with zero attached hydrogens (tertiary/aromatic N) is 1. The molecule has 0 bridgehead atoms. The number of benzene rings is 1. The van der Waals surface area contributed by atoms with Gasteiger partial charge in [-0.05, 0) is 12.1 Å². The Morgan fingerprint density at radius 2 is 2.00 bits per heavy atom. The zero-order valence-corrected chi connectivity index (χ0v) is 11.4. The van der Waals surface area contributed by atoms with Crippen LogP contribution in [0.4, 0.5) is 9.18 Å². The lowest BCUT2D eigenvalue weighted by molar-refractivity contribution is 0.0859. The number of hydrogen-bond donors (Lipinski definition) is 1. The van der Waals surface area contributed by atoms with Gasteiger partial charge in [0.1, 0.15) is 19.3 Å². The SMILES string of the molecule is O=C(O)N1CCC(Oc2ccc3c(c2F)OCCO3)CC1. The molecule has 0 aliphatic carbocycles. The molecule has 21 heavy (non-hydrogen) atoms. The van der Waals surface area contributed by atoms with E-state index in [1.807, 2.05) is 0 Å². The van der Waals surface area contributed by atoms with Crippen LogP contribution in [0.25, 0.3) is 0 Å². The molecule has 0 spiro atoms. The average Bonchev–Trinajstić information content (AvgIpc) is 2.51. The van der Waals surface area contributed by atoms with Crippen LogP contribution >= 0.6 is 0 Å². The maximum atomic E-state index is 14.3. The second-order valence-corrected chi connectivity index (χ2v) is 4.99. The highest BCUT2D eigenvalue weighted by Gasteiger charge is 2.26. The summed E-state index contributed by atoms with van der Waals surface area (Å²) in [5.41, 5.74) is 0. The molecule has 0 radical (unpaired) electrons. The van der Waals surface area contributed by atoms with Gasteiger partial charge in [-0.25, -0.2) is 4.79 Å². The Bertz CT molecular complexity index is 542. The van der Waals surface area contributed by atoms with Crippen molar-refractivity contribution in [3.8, 4) is 17.2 Å². The molecular weight excluding hydrogens is 281 g/mol. The van der Waals surface area contributed by atoms with Gasteiger partial charge in [-0.1, -0.05) is 0 Å². The molecule has 6 nitrogen and oxygen atoms in total. The molecule has 3 rings (SSSR count). The summed E-state index contributed by atoms with van der Waals surface area (Å²) < 4.78 is 30.5. The topological polar surface area (TPSA) is 68.2 Å². The first-order valence-corrected chi connectivity index (χ1v) is 6.88. The Kier molecular flexibility index (Phi) is 3.72. The average molecular weight is 297 g/mol. The number of fused-ring (bicyclic) bond motifs is 1. The zero-order valence-electron chi connectivity index (χ0n) is 11.4. The maximum Gasteiger partial charge on any atom is 0.407 e. The lowest BCUT2D eigenvalue weighted by Crippen LogP contribution is -2.41. The van der Waals surface area contributed by atoms with Gasteiger partial charge >= 0.3 is 6.09 Å². The van der Waals surface area contributed by atoms with E-state index in [9.17, 15) is 9.18 Å². The number of piperidine rings is 1. The highest BCUT2D eigenvalue weighted by atomic mass is 19.1. The predicted molar refractivity (Wildman–Crippen MR) is 70.6 cm³/mol. The highest BCUT2D eigenvalue weighted by Crippen LogP contribution is 2.38. The fourth-order valence-electron chi connectivity index (χ4n) is 2.50. The molecule has 2 heterocycles. The predicted octanol–water partition coefficient (Wildman–Crippen LogP) is 2.12. The Labute approximate surface area is 121 Å². The monoisotopic (exact) mass is 297 g/mol. The molecule has 1 saturated heterocycles. The van der Waals surface area contributed by atoms with Crippen LogP contribution in [0.3, 0.4) is 0 Å². The molecule has 2 aliphatic rings. The lowest BCUT2D eigenvalue weighted by Gasteiger charge is -2.30. The van der Waals surface area contributed by atoms with Crippen molar-refractivity contribution in [1.82, 2.24) is 4.90 Å². The lowest BCUT2D eigenvalue weighted by atomic mass is 10.1. The van der Waals surface area contributed by atoms with E-state index in [2.05, 4.69) is 0 Å². The van der Waals surface area contributed by atoms with Crippen LogP contribution in [0.5, 0.6) is 17.2 Å². The van der Waals surface area contributed by atoms with Gasteiger partial charge in [-0.3, -0.25) is 0 Å². The van der Waals surface area contributed by atoms with Crippen LogP contribution in [0.1, 0.15) is 12.8 Å². The first kappa shape index (κ1) is 13.8. The standard InChI is InChI=1S/C14H16FNO5/c15-12-10(1-2-11-13(12)20-8-7-19-11)21-9-3-5-16(6-4-9)14(17)18/h1-2,9H,3-8H2,(H,17,18). The van der Waals surface area contributed by atoms with Crippen molar-refractivity contribution in [2.45, 2.75) is 18.9 Å². The molecule has 1 fully saturated rings. The highest BCUT2D eigenvalue weighted by molar-refractivity contribution is 5.65. The van der Waals surface area contributed by atoms with Crippen LogP contribution in [0, 0.1) is 5.82 Å². The molecule has 1 amide bonds. The fraction of sp³-hybridized carbons (Fsp3) is 0.500. The van der Waals surface area contributed by atoms with Crippen molar-refractivity contribution < 1.29 is 28.5 Å². The van der Waals surface area contributed by atoms with Gasteiger partial charge in [-0.15, -0.1) is 0 Å². The van der Waals surface area contributed by atoms with Crippen LogP contribution in [-0.4, -0.2) is 48.5 Å². The number of carbonyl (C=O) groups is 1. The minimum Gasteiger partial charge on any atom is -0.487 e. The van der Waals surface area contributed by atoms with Crippen molar-refractivity contribution >= 4 is 6.09 Å². The van der Waals surface area contributed by atoms with Crippen molar-refractivity contribution in [3.63, 3.8) is 0 Å². The number of hydrogen-bond acceptors (Lipinski definition) is 4. The van der Waals surface area contributed by atoms with Gasteiger partial charge in [0.2, 0.25) is 11.6 Å². The van der Waals surface area contributed by atoms with E-state index in [-0.39, 0.29) is 17.6 Å². The van der Waals surface area contributed by atoms with Crippen molar-refractivity contribution in [1.29, 1.82) is 0 Å². The molecule has 0 unspecified atom stereocenters. The molecule has 1 aromatic carbocycles. The third-order valence-electron chi connectivity index (χ3n) is 3.62. The zero-order chi connectivity index (χ0) is 14.8. The number of carboxylic acid groups (broad SMARTS) is 1. The van der Waals surface area contributed by atoms with Gasteiger partial charge in [-0.2, -0.15) is 4.39 Å². The van der Waals surface area contributed by atoms with E-state index in [4.69, 9.17) is 19.3 Å². The quantitative estimate of drug-likeness (QED) is 0.905. The molecular formula is C14H16FNO5. The first-order chi connectivity index (χ1) is 10.1. The van der Waals surface area contributed by atoms with Crippen LogP contribution in [0.15, 0.2) is 12.1 Å². The summed E-state index contributed by atoms with van der Waals surface area (Å²) in [7, 11) is 0. The van der Waals surface area contributed by atoms with Gasteiger partial charge < -0.3 is 24.2 Å². The molecule has 1 N–H and O–H groups in total. The molecule has 0 saturated carbocycles. The minimum atomic E-state index is -0.932. The van der Waals surface area contributed by atoms with E-state index >= 15 is 0 Å². The van der Waals surface area contributed by atoms with Crippen LogP contribution in [0.2, 0.25) is 0 Å². The third kappa shape index (κ3) is 2.81. The summed E-state index contributed by atoms with van der Waals surface area (Å²) >= 11 is 0. The molecule has 2 aliphatic heterocycles. The molecule has 0 atom stereocenters. The van der Waals surface area contributed by atoms with E-state index in [1.165, 1.54) is 11.0 Å². The smallest absolute Gasteiger partial charge is 0.407 e. The van der Waals surface area contributed by atoms with Gasteiger partial charge in [0, 0.05) is 25.9 Å². The number of likely N-dealkylation sites (tertiary alicyclic amines) is 1.